The van der Waals surface area contributed by atoms with E-state index in [4.69, 9.17) is 20.5 Å². The van der Waals surface area contributed by atoms with E-state index in [0.717, 1.165) is 0 Å². The quantitative estimate of drug-likeness (QED) is 0.788. The van der Waals surface area contributed by atoms with Gasteiger partial charge in [-0.1, -0.05) is 6.07 Å². The van der Waals surface area contributed by atoms with Crippen LogP contribution in [0.15, 0.2) is 24.4 Å². The summed E-state index contributed by atoms with van der Waals surface area (Å²) in [6.45, 7) is 1.96. The highest BCUT2D eigenvalue weighted by Gasteiger charge is 2.23. The predicted molar refractivity (Wildman–Crippen MR) is 88.2 cm³/mol. The number of esters is 2. The number of carbonyl (C=O) groups excluding carboxylic acids is 2. The molecular formula is C17H17N3O5. The van der Waals surface area contributed by atoms with Gasteiger partial charge < -0.3 is 24.9 Å². The van der Waals surface area contributed by atoms with Crippen molar-refractivity contribution in [2.45, 2.75) is 13.3 Å². The fourth-order valence-corrected chi connectivity index (χ4v) is 2.36. The summed E-state index contributed by atoms with van der Waals surface area (Å²) in [5, 5.41) is 19.3. The number of phenolic OH excluding ortho intramolecular Hbond substituents is 1. The third-order valence-corrected chi connectivity index (χ3v) is 3.50. The second-order valence-corrected chi connectivity index (χ2v) is 5.08. The Morgan fingerprint density at radius 1 is 1.40 bits per heavy atom. The van der Waals surface area contributed by atoms with Crippen LogP contribution in [0.1, 0.15) is 28.5 Å². The first kappa shape index (κ1) is 17.9. The van der Waals surface area contributed by atoms with Gasteiger partial charge >= 0.3 is 11.9 Å². The highest BCUT2D eigenvalue weighted by Crippen LogP contribution is 2.30. The lowest BCUT2D eigenvalue weighted by Gasteiger charge is -2.12. The van der Waals surface area contributed by atoms with E-state index < -0.39 is 11.9 Å². The van der Waals surface area contributed by atoms with Crippen molar-refractivity contribution in [3.05, 3.63) is 41.2 Å². The number of ether oxygens (including phenoxy) is 2. The summed E-state index contributed by atoms with van der Waals surface area (Å²) in [5.74, 6) is -1.33. The molecule has 8 heteroatoms. The molecule has 0 amide bonds. The van der Waals surface area contributed by atoms with Crippen LogP contribution in [0.3, 0.4) is 0 Å². The minimum Gasteiger partial charge on any atom is -0.506 e. The monoisotopic (exact) mass is 343 g/mol. The Kier molecular flexibility index (Phi) is 5.29. The molecule has 2 rings (SSSR count). The van der Waals surface area contributed by atoms with Gasteiger partial charge in [0.05, 0.1) is 37.1 Å². The zero-order valence-corrected chi connectivity index (χ0v) is 13.8. The van der Waals surface area contributed by atoms with Crippen molar-refractivity contribution in [2.24, 2.45) is 0 Å². The Morgan fingerprint density at radius 2 is 2.12 bits per heavy atom. The molecule has 0 aliphatic heterocycles. The van der Waals surface area contributed by atoms with E-state index >= 15 is 0 Å². The number of hydrogen-bond donors (Lipinski definition) is 2. The highest BCUT2D eigenvalue weighted by atomic mass is 16.5. The van der Waals surface area contributed by atoms with Gasteiger partial charge in [-0.25, -0.2) is 4.79 Å². The minimum atomic E-state index is -0.755. The van der Waals surface area contributed by atoms with Crippen LogP contribution >= 0.6 is 0 Å². The number of hydrogen-bond acceptors (Lipinski definition) is 7. The Labute approximate surface area is 144 Å². The third-order valence-electron chi connectivity index (χ3n) is 3.50. The molecule has 0 aliphatic carbocycles. The van der Waals surface area contributed by atoms with Crippen LogP contribution in [0.2, 0.25) is 0 Å². The number of rotatable bonds is 5. The average Bonchev–Trinajstić information content (AvgIpc) is 2.92. The average molecular weight is 343 g/mol. The number of aromatic hydroxyl groups is 1. The molecule has 0 radical (unpaired) electrons. The number of nitrogen functional groups attached to an aromatic ring is 1. The molecule has 0 saturated heterocycles. The van der Waals surface area contributed by atoms with Gasteiger partial charge in [0.1, 0.15) is 11.8 Å². The molecule has 0 atom stereocenters. The lowest BCUT2D eigenvalue weighted by Crippen LogP contribution is -2.12. The smallest absolute Gasteiger partial charge is 0.357 e. The number of benzene rings is 1. The number of carbonyl (C=O) groups is 2. The summed E-state index contributed by atoms with van der Waals surface area (Å²) < 4.78 is 10.9. The fraction of sp³-hybridized carbons (Fsp3) is 0.235. The molecule has 1 heterocycles. The first-order chi connectivity index (χ1) is 11.9. The van der Waals surface area contributed by atoms with Gasteiger partial charge in [-0.15, -0.1) is 0 Å². The standard InChI is InChI=1S/C17H17N3O5/c1-3-25-14(22)7-10-4-5-13(21)12(6-10)20-9-11(8-18)15(19)16(20)17(23)24-2/h4-6,9,21H,3,7,19H2,1-2H3. The Bertz CT molecular complexity index is 864. The molecule has 1 aromatic carbocycles. The predicted octanol–water partition coefficient (Wildman–Crippen LogP) is 1.53. The molecule has 0 unspecified atom stereocenters. The first-order valence-corrected chi connectivity index (χ1v) is 7.40. The number of aromatic nitrogens is 1. The summed E-state index contributed by atoms with van der Waals surface area (Å²) >= 11 is 0. The maximum atomic E-state index is 12.0. The molecule has 0 fully saturated rings. The van der Waals surface area contributed by atoms with Crippen LogP contribution < -0.4 is 5.73 Å². The summed E-state index contributed by atoms with van der Waals surface area (Å²) in [4.78, 5) is 23.7. The first-order valence-electron chi connectivity index (χ1n) is 7.40. The van der Waals surface area contributed by atoms with Gasteiger partial charge in [0.25, 0.3) is 0 Å². The fourth-order valence-electron chi connectivity index (χ4n) is 2.36. The van der Waals surface area contributed by atoms with Crippen LogP contribution in [0.4, 0.5) is 5.69 Å². The van der Waals surface area contributed by atoms with Crippen molar-refractivity contribution in [3.63, 3.8) is 0 Å². The number of nitrogens with zero attached hydrogens (tertiary/aromatic N) is 2. The topological polar surface area (TPSA) is 128 Å². The summed E-state index contributed by atoms with van der Waals surface area (Å²) in [5.41, 5.74) is 6.52. The Hall–Kier alpha value is -3.47. The molecule has 0 saturated carbocycles. The summed E-state index contributed by atoms with van der Waals surface area (Å²) in [6, 6.07) is 6.33. The second-order valence-electron chi connectivity index (χ2n) is 5.08. The Balaban J connectivity index is 2.56. The van der Waals surface area contributed by atoms with Crippen LogP contribution in [-0.4, -0.2) is 35.3 Å². The normalized spacial score (nSPS) is 10.1. The van der Waals surface area contributed by atoms with Crippen LogP contribution in [0.25, 0.3) is 5.69 Å². The van der Waals surface area contributed by atoms with Gasteiger partial charge in [-0.3, -0.25) is 4.79 Å². The zero-order chi connectivity index (χ0) is 18.6. The molecular weight excluding hydrogens is 326 g/mol. The van der Waals surface area contributed by atoms with Crippen LogP contribution in [-0.2, 0) is 20.7 Å². The molecule has 0 aliphatic rings. The van der Waals surface area contributed by atoms with Crippen molar-refractivity contribution in [1.29, 1.82) is 5.26 Å². The summed E-state index contributed by atoms with van der Waals surface area (Å²) in [7, 11) is 1.18. The number of anilines is 1. The third kappa shape index (κ3) is 3.55. The van der Waals surface area contributed by atoms with E-state index in [2.05, 4.69) is 0 Å². The SMILES string of the molecule is CCOC(=O)Cc1ccc(O)c(-n2cc(C#N)c(N)c2C(=O)OC)c1. The number of nitriles is 1. The number of phenols is 1. The van der Waals surface area contributed by atoms with Gasteiger partial charge in [-0.05, 0) is 24.6 Å². The van der Waals surface area contributed by atoms with Crippen molar-refractivity contribution in [2.75, 3.05) is 19.5 Å². The van der Waals surface area contributed by atoms with E-state index in [1.807, 2.05) is 6.07 Å². The van der Waals surface area contributed by atoms with Crippen molar-refractivity contribution in [3.8, 4) is 17.5 Å². The van der Waals surface area contributed by atoms with E-state index in [1.165, 1.54) is 30.0 Å². The molecule has 8 nitrogen and oxygen atoms in total. The molecule has 1 aromatic heterocycles. The number of methoxy groups -OCH3 is 1. The van der Waals surface area contributed by atoms with Crippen molar-refractivity contribution >= 4 is 17.6 Å². The van der Waals surface area contributed by atoms with E-state index in [9.17, 15) is 14.7 Å². The minimum absolute atomic E-state index is 0.00344. The summed E-state index contributed by atoms with van der Waals surface area (Å²) in [6.07, 6.45) is 1.32. The highest BCUT2D eigenvalue weighted by molar-refractivity contribution is 5.96. The van der Waals surface area contributed by atoms with Crippen LogP contribution in [0.5, 0.6) is 5.75 Å². The molecule has 0 bridgehead atoms. The van der Waals surface area contributed by atoms with Gasteiger partial charge in [-0.2, -0.15) is 5.26 Å². The Morgan fingerprint density at radius 3 is 2.72 bits per heavy atom. The molecule has 2 aromatic rings. The lowest BCUT2D eigenvalue weighted by atomic mass is 10.1. The zero-order valence-electron chi connectivity index (χ0n) is 13.8. The number of nitrogens with two attached hydrogens (primary N) is 1. The molecule has 0 spiro atoms. The maximum absolute atomic E-state index is 12.0. The van der Waals surface area contributed by atoms with E-state index in [1.54, 1.807) is 13.0 Å². The maximum Gasteiger partial charge on any atom is 0.357 e. The lowest BCUT2D eigenvalue weighted by molar-refractivity contribution is -0.142. The van der Waals surface area contributed by atoms with Crippen molar-refractivity contribution in [1.82, 2.24) is 4.57 Å². The van der Waals surface area contributed by atoms with Gasteiger partial charge in [0, 0.05) is 6.20 Å². The second kappa shape index (κ2) is 7.40. The van der Waals surface area contributed by atoms with Gasteiger partial charge in [0.15, 0.2) is 5.69 Å². The van der Waals surface area contributed by atoms with Crippen LogP contribution in [0, 0.1) is 11.3 Å². The largest absolute Gasteiger partial charge is 0.506 e. The van der Waals surface area contributed by atoms with E-state index in [0.29, 0.717) is 5.56 Å². The molecule has 25 heavy (non-hydrogen) atoms. The van der Waals surface area contributed by atoms with Gasteiger partial charge in [0.2, 0.25) is 0 Å². The van der Waals surface area contributed by atoms with Crippen molar-refractivity contribution < 1.29 is 24.2 Å². The molecule has 3 N–H and O–H groups in total. The molecule has 130 valence electrons. The van der Waals surface area contributed by atoms with E-state index in [-0.39, 0.29) is 41.4 Å².